The smallest absolute Gasteiger partial charge is 0.127 e. The van der Waals surface area contributed by atoms with Crippen molar-refractivity contribution in [1.82, 2.24) is 9.55 Å². The van der Waals surface area contributed by atoms with Crippen LogP contribution in [0, 0.1) is 12.8 Å². The van der Waals surface area contributed by atoms with Gasteiger partial charge in [0, 0.05) is 5.92 Å². The monoisotopic (exact) mass is 283 g/mol. The summed E-state index contributed by atoms with van der Waals surface area (Å²) in [7, 11) is 0. The topological polar surface area (TPSA) is 43.8 Å². The fourth-order valence-electron chi connectivity index (χ4n) is 3.57. The van der Waals surface area contributed by atoms with Crippen LogP contribution in [0.1, 0.15) is 55.6 Å². The van der Waals surface area contributed by atoms with Crippen molar-refractivity contribution in [1.29, 1.82) is 0 Å². The normalized spacial score (nSPS) is 22.4. The Kier molecular flexibility index (Phi) is 4.00. The van der Waals surface area contributed by atoms with Crippen molar-refractivity contribution in [3.63, 3.8) is 0 Å². The molecule has 1 fully saturated rings. The molecule has 1 aliphatic carbocycles. The van der Waals surface area contributed by atoms with Gasteiger partial charge in [-0.15, -0.1) is 0 Å². The number of hydrogen-bond donors (Lipinski definition) is 1. The van der Waals surface area contributed by atoms with Crippen LogP contribution in [0.3, 0.4) is 0 Å². The molecule has 112 valence electrons. The number of rotatable bonds is 3. The Morgan fingerprint density at radius 2 is 1.90 bits per heavy atom. The zero-order valence-electron chi connectivity index (χ0n) is 13.0. The van der Waals surface area contributed by atoms with Crippen LogP contribution in [0.15, 0.2) is 30.3 Å². The summed E-state index contributed by atoms with van der Waals surface area (Å²) in [6.45, 7) is 5.22. The summed E-state index contributed by atoms with van der Waals surface area (Å²) in [4.78, 5) is 4.82. The fraction of sp³-hybridized carbons (Fsp3) is 0.500. The van der Waals surface area contributed by atoms with Gasteiger partial charge in [-0.3, -0.25) is 0 Å². The molecule has 2 N–H and O–H groups in total. The highest BCUT2D eigenvalue weighted by Gasteiger charge is 2.28. The number of nitrogens with two attached hydrogens (primary N) is 1. The fourth-order valence-corrected chi connectivity index (χ4v) is 3.57. The first-order chi connectivity index (χ1) is 10.2. The highest BCUT2D eigenvalue weighted by atomic mass is 15.1. The number of hydrogen-bond acceptors (Lipinski definition) is 2. The standard InChI is InChI=1S/C18H25N3/c1-13-8-6-7-11-16(13)17-18(19)21(14(2)20-17)12-15-9-4-3-5-10-15/h3-5,9-10,13,16H,6-8,11-12,19H2,1-2H3. The molecule has 3 rings (SSSR count). The van der Waals surface area contributed by atoms with Crippen molar-refractivity contribution in [2.45, 2.75) is 52.0 Å². The number of nitrogens with zero attached hydrogens (tertiary/aromatic N) is 2. The second-order valence-corrected chi connectivity index (χ2v) is 6.37. The van der Waals surface area contributed by atoms with E-state index in [1.54, 1.807) is 0 Å². The van der Waals surface area contributed by atoms with Gasteiger partial charge in [0.05, 0.1) is 12.2 Å². The van der Waals surface area contributed by atoms with E-state index in [1.165, 1.54) is 31.2 Å². The molecule has 1 aliphatic rings. The van der Waals surface area contributed by atoms with E-state index in [9.17, 15) is 0 Å². The predicted molar refractivity (Wildman–Crippen MR) is 87.3 cm³/mol. The van der Waals surface area contributed by atoms with E-state index in [2.05, 4.69) is 42.7 Å². The quantitative estimate of drug-likeness (QED) is 0.921. The summed E-state index contributed by atoms with van der Waals surface area (Å²) in [5.74, 6) is 3.13. The summed E-state index contributed by atoms with van der Waals surface area (Å²) < 4.78 is 2.16. The van der Waals surface area contributed by atoms with Crippen molar-refractivity contribution in [2.75, 3.05) is 5.73 Å². The predicted octanol–water partition coefficient (Wildman–Crippen LogP) is 4.12. The molecule has 0 saturated heterocycles. The minimum Gasteiger partial charge on any atom is -0.384 e. The van der Waals surface area contributed by atoms with Crippen LogP contribution in [-0.4, -0.2) is 9.55 Å². The summed E-state index contributed by atoms with van der Waals surface area (Å²) in [6, 6.07) is 10.5. The minimum absolute atomic E-state index is 0.537. The maximum absolute atomic E-state index is 6.45. The molecule has 3 nitrogen and oxygen atoms in total. The zero-order valence-corrected chi connectivity index (χ0v) is 13.0. The van der Waals surface area contributed by atoms with Crippen LogP contribution in [0.25, 0.3) is 0 Å². The van der Waals surface area contributed by atoms with E-state index in [4.69, 9.17) is 10.7 Å². The van der Waals surface area contributed by atoms with Crippen molar-refractivity contribution < 1.29 is 0 Å². The van der Waals surface area contributed by atoms with E-state index >= 15 is 0 Å². The van der Waals surface area contributed by atoms with Crippen LogP contribution in [0.4, 0.5) is 5.82 Å². The van der Waals surface area contributed by atoms with Crippen molar-refractivity contribution in [3.8, 4) is 0 Å². The van der Waals surface area contributed by atoms with E-state index in [1.807, 2.05) is 6.07 Å². The lowest BCUT2D eigenvalue weighted by atomic mass is 9.78. The summed E-state index contributed by atoms with van der Waals surface area (Å²) in [5.41, 5.74) is 8.85. The Morgan fingerprint density at radius 1 is 1.19 bits per heavy atom. The van der Waals surface area contributed by atoms with Gasteiger partial charge in [-0.25, -0.2) is 4.98 Å². The molecule has 1 aromatic heterocycles. The third-order valence-corrected chi connectivity index (χ3v) is 4.87. The van der Waals surface area contributed by atoms with E-state index in [0.717, 1.165) is 23.9 Å². The summed E-state index contributed by atoms with van der Waals surface area (Å²) in [6.07, 6.45) is 5.18. The van der Waals surface area contributed by atoms with Gasteiger partial charge in [0.1, 0.15) is 11.6 Å². The molecular weight excluding hydrogens is 258 g/mol. The molecular formula is C18H25N3. The molecule has 2 atom stereocenters. The summed E-state index contributed by atoms with van der Waals surface area (Å²) in [5, 5.41) is 0. The first-order valence-electron chi connectivity index (χ1n) is 8.03. The molecule has 1 heterocycles. The number of aryl methyl sites for hydroxylation is 1. The number of anilines is 1. The average Bonchev–Trinajstić information content (AvgIpc) is 2.77. The van der Waals surface area contributed by atoms with Gasteiger partial charge in [-0.2, -0.15) is 0 Å². The van der Waals surface area contributed by atoms with Crippen LogP contribution in [0.2, 0.25) is 0 Å². The molecule has 0 amide bonds. The lowest BCUT2D eigenvalue weighted by Crippen LogP contribution is -2.17. The maximum atomic E-state index is 6.45. The molecule has 1 saturated carbocycles. The van der Waals surface area contributed by atoms with E-state index in [-0.39, 0.29) is 0 Å². The van der Waals surface area contributed by atoms with Gasteiger partial charge in [-0.1, -0.05) is 56.5 Å². The number of imidazole rings is 1. The number of benzene rings is 1. The van der Waals surface area contributed by atoms with Gasteiger partial charge >= 0.3 is 0 Å². The van der Waals surface area contributed by atoms with E-state index < -0.39 is 0 Å². The largest absolute Gasteiger partial charge is 0.384 e. The van der Waals surface area contributed by atoms with Crippen molar-refractivity contribution in [3.05, 3.63) is 47.4 Å². The Bertz CT molecular complexity index is 600. The van der Waals surface area contributed by atoms with Crippen LogP contribution in [0.5, 0.6) is 0 Å². The summed E-state index contributed by atoms with van der Waals surface area (Å²) >= 11 is 0. The lowest BCUT2D eigenvalue weighted by Gasteiger charge is -2.27. The Hall–Kier alpha value is -1.77. The van der Waals surface area contributed by atoms with Gasteiger partial charge in [-0.05, 0) is 24.8 Å². The molecule has 0 bridgehead atoms. The first kappa shape index (κ1) is 14.2. The lowest BCUT2D eigenvalue weighted by molar-refractivity contribution is 0.326. The molecule has 0 aliphatic heterocycles. The maximum Gasteiger partial charge on any atom is 0.127 e. The molecule has 0 spiro atoms. The first-order valence-corrected chi connectivity index (χ1v) is 8.03. The molecule has 1 aromatic carbocycles. The minimum atomic E-state index is 0.537. The Labute approximate surface area is 127 Å². The second kappa shape index (κ2) is 5.92. The Balaban J connectivity index is 1.89. The third kappa shape index (κ3) is 2.82. The molecule has 0 radical (unpaired) electrons. The van der Waals surface area contributed by atoms with Gasteiger partial charge in [0.2, 0.25) is 0 Å². The van der Waals surface area contributed by atoms with Crippen molar-refractivity contribution in [2.24, 2.45) is 5.92 Å². The second-order valence-electron chi connectivity index (χ2n) is 6.37. The highest BCUT2D eigenvalue weighted by molar-refractivity contribution is 5.42. The zero-order chi connectivity index (χ0) is 14.8. The van der Waals surface area contributed by atoms with E-state index in [0.29, 0.717) is 11.8 Å². The highest BCUT2D eigenvalue weighted by Crippen LogP contribution is 2.39. The van der Waals surface area contributed by atoms with Crippen molar-refractivity contribution >= 4 is 5.82 Å². The Morgan fingerprint density at radius 3 is 2.62 bits per heavy atom. The molecule has 2 aromatic rings. The van der Waals surface area contributed by atoms with Crippen LogP contribution in [-0.2, 0) is 6.54 Å². The third-order valence-electron chi connectivity index (χ3n) is 4.87. The van der Waals surface area contributed by atoms with Gasteiger partial charge < -0.3 is 10.3 Å². The molecule has 21 heavy (non-hydrogen) atoms. The van der Waals surface area contributed by atoms with Crippen LogP contribution < -0.4 is 5.73 Å². The average molecular weight is 283 g/mol. The van der Waals surface area contributed by atoms with Crippen LogP contribution >= 0.6 is 0 Å². The number of nitrogen functional groups attached to an aromatic ring is 1. The molecule has 3 heteroatoms. The molecule has 2 unspecified atom stereocenters. The van der Waals surface area contributed by atoms with Gasteiger partial charge in [0.25, 0.3) is 0 Å². The number of aromatic nitrogens is 2. The van der Waals surface area contributed by atoms with Gasteiger partial charge in [0.15, 0.2) is 0 Å². The SMILES string of the molecule is Cc1nc(C2CCCCC2C)c(N)n1Cc1ccccc1.